The second-order valence-corrected chi connectivity index (χ2v) is 8.28. The van der Waals surface area contributed by atoms with Crippen LogP contribution in [-0.4, -0.2) is 44.1 Å². The molecule has 0 saturated heterocycles. The lowest BCUT2D eigenvalue weighted by Gasteiger charge is -2.12. The largest absolute Gasteiger partial charge is 0.449 e. The minimum absolute atomic E-state index is 0.240. The molecular formula is C15H28O7S2. The van der Waals surface area contributed by atoms with Crippen LogP contribution >= 0.6 is 0 Å². The van der Waals surface area contributed by atoms with Crippen LogP contribution in [0.1, 0.15) is 59.3 Å². The van der Waals surface area contributed by atoms with Gasteiger partial charge in [0.25, 0.3) is 0 Å². The molecule has 0 bridgehead atoms. The zero-order valence-corrected chi connectivity index (χ0v) is 16.4. The molecule has 0 amide bonds. The van der Waals surface area contributed by atoms with Crippen molar-refractivity contribution in [3.8, 4) is 0 Å². The molecule has 0 N–H and O–H groups in total. The molecule has 0 heterocycles. The Hall–Kier alpha value is -0.800. The highest BCUT2D eigenvalue weighted by atomic mass is 32.2. The normalized spacial score (nSPS) is 16.0. The van der Waals surface area contributed by atoms with Gasteiger partial charge in [-0.25, -0.2) is 4.21 Å². The number of ether oxygens (including phenoxy) is 2. The van der Waals surface area contributed by atoms with Gasteiger partial charge in [-0.3, -0.25) is 18.0 Å². The Morgan fingerprint density at radius 3 is 1.75 bits per heavy atom. The van der Waals surface area contributed by atoms with Crippen molar-refractivity contribution in [2.24, 2.45) is 0 Å². The van der Waals surface area contributed by atoms with Crippen LogP contribution in [0.15, 0.2) is 0 Å². The zero-order valence-electron chi connectivity index (χ0n) is 14.8. The van der Waals surface area contributed by atoms with E-state index in [2.05, 4.69) is 0 Å². The van der Waals surface area contributed by atoms with E-state index in [9.17, 15) is 18.0 Å². The van der Waals surface area contributed by atoms with Crippen LogP contribution in [0.5, 0.6) is 0 Å². The molecule has 4 unspecified atom stereocenters. The standard InChI is InChI=1S/C15H28O7S2/c1-5-20-24(19)13(3)22-15(17)11-9-7-6-8-10-14(16)21-12(2)23(4)18/h12-13H,5-11H2,1-4H3. The minimum Gasteiger partial charge on any atom is -0.449 e. The Morgan fingerprint density at radius 2 is 1.33 bits per heavy atom. The number of carbonyl (C=O) groups is 2. The summed E-state index contributed by atoms with van der Waals surface area (Å²) in [5, 5.41) is 0. The summed E-state index contributed by atoms with van der Waals surface area (Å²) >= 11 is -1.63. The lowest BCUT2D eigenvalue weighted by Crippen LogP contribution is -2.21. The second-order valence-electron chi connectivity index (χ2n) is 5.19. The number of unbranched alkanes of at least 4 members (excludes halogenated alkanes) is 3. The number of esters is 2. The molecule has 0 fully saturated rings. The van der Waals surface area contributed by atoms with Crippen molar-refractivity contribution >= 4 is 33.8 Å². The molecule has 0 spiro atoms. The molecule has 0 saturated carbocycles. The quantitative estimate of drug-likeness (QED) is 0.355. The summed E-state index contributed by atoms with van der Waals surface area (Å²) in [5.74, 6) is -0.765. The van der Waals surface area contributed by atoms with Crippen molar-refractivity contribution in [2.75, 3.05) is 12.9 Å². The lowest BCUT2D eigenvalue weighted by atomic mass is 10.1. The first-order chi connectivity index (χ1) is 11.3. The van der Waals surface area contributed by atoms with Crippen LogP contribution in [0.25, 0.3) is 0 Å². The molecule has 0 radical (unpaired) electrons. The molecule has 9 heteroatoms. The fourth-order valence-electron chi connectivity index (χ4n) is 1.70. The highest BCUT2D eigenvalue weighted by molar-refractivity contribution is 7.84. The SMILES string of the molecule is CCOS(=O)C(C)OC(=O)CCCCCCC(=O)OC(C)S(C)=O. The maximum Gasteiger partial charge on any atom is 0.307 e. The fraction of sp³-hybridized carbons (Fsp3) is 0.867. The third-order valence-corrected chi connectivity index (χ3v) is 5.22. The monoisotopic (exact) mass is 384 g/mol. The Balaban J connectivity index is 3.69. The predicted octanol–water partition coefficient (Wildman–Crippen LogP) is 2.18. The number of hydrogen-bond donors (Lipinski definition) is 0. The molecule has 4 atom stereocenters. The number of hydrogen-bond acceptors (Lipinski definition) is 7. The molecular weight excluding hydrogens is 356 g/mol. The summed E-state index contributed by atoms with van der Waals surface area (Å²) in [6.45, 7) is 5.13. The van der Waals surface area contributed by atoms with E-state index in [1.165, 1.54) is 13.2 Å². The Bertz CT molecular complexity index is 440. The van der Waals surface area contributed by atoms with Gasteiger partial charge in [-0.15, -0.1) is 0 Å². The molecule has 0 aromatic heterocycles. The molecule has 0 rings (SSSR count). The molecule has 0 aliphatic heterocycles. The van der Waals surface area contributed by atoms with Gasteiger partial charge in [0.15, 0.2) is 22.0 Å². The molecule has 7 nitrogen and oxygen atoms in total. The Morgan fingerprint density at radius 1 is 0.875 bits per heavy atom. The summed E-state index contributed by atoms with van der Waals surface area (Å²) in [7, 11) is -1.18. The highest BCUT2D eigenvalue weighted by Gasteiger charge is 2.16. The van der Waals surface area contributed by atoms with Gasteiger partial charge in [-0.2, -0.15) is 0 Å². The number of carbonyl (C=O) groups excluding carboxylic acids is 2. The first-order valence-electron chi connectivity index (χ1n) is 8.03. The fourth-order valence-corrected chi connectivity index (χ4v) is 2.55. The summed E-state index contributed by atoms with van der Waals surface area (Å²) in [6.07, 6.45) is 4.86. The third-order valence-electron chi connectivity index (χ3n) is 3.08. The predicted molar refractivity (Wildman–Crippen MR) is 92.6 cm³/mol. The summed E-state index contributed by atoms with van der Waals surface area (Å²) in [4.78, 5) is 23.0. The van der Waals surface area contributed by atoms with Crippen LogP contribution in [0.3, 0.4) is 0 Å². The van der Waals surface area contributed by atoms with Crippen LogP contribution < -0.4 is 0 Å². The van der Waals surface area contributed by atoms with Crippen LogP contribution in [0, 0.1) is 0 Å². The first kappa shape index (κ1) is 23.2. The van der Waals surface area contributed by atoms with E-state index in [1.807, 2.05) is 0 Å². The van der Waals surface area contributed by atoms with E-state index < -0.39 is 38.7 Å². The van der Waals surface area contributed by atoms with E-state index in [4.69, 9.17) is 13.7 Å². The Kier molecular flexibility index (Phi) is 13.0. The van der Waals surface area contributed by atoms with Crippen molar-refractivity contribution in [3.05, 3.63) is 0 Å². The lowest BCUT2D eigenvalue weighted by molar-refractivity contribution is -0.146. The third kappa shape index (κ3) is 11.7. The van der Waals surface area contributed by atoms with Gasteiger partial charge in [0, 0.05) is 19.1 Å². The van der Waals surface area contributed by atoms with E-state index in [-0.39, 0.29) is 18.8 Å². The zero-order chi connectivity index (χ0) is 18.5. The molecule has 0 aliphatic carbocycles. The second kappa shape index (κ2) is 13.5. The smallest absolute Gasteiger partial charge is 0.307 e. The van der Waals surface area contributed by atoms with Crippen molar-refractivity contribution in [1.82, 2.24) is 0 Å². The maximum atomic E-state index is 11.6. The topological polar surface area (TPSA) is 96.0 Å². The van der Waals surface area contributed by atoms with E-state index in [0.29, 0.717) is 19.4 Å². The average molecular weight is 385 g/mol. The van der Waals surface area contributed by atoms with Crippen molar-refractivity contribution < 1.29 is 31.7 Å². The van der Waals surface area contributed by atoms with E-state index in [0.717, 1.165) is 12.8 Å². The van der Waals surface area contributed by atoms with Crippen molar-refractivity contribution in [1.29, 1.82) is 0 Å². The molecule has 0 aromatic carbocycles. The van der Waals surface area contributed by atoms with E-state index >= 15 is 0 Å². The molecule has 142 valence electrons. The molecule has 24 heavy (non-hydrogen) atoms. The van der Waals surface area contributed by atoms with Gasteiger partial charge in [0.2, 0.25) is 0 Å². The minimum atomic E-state index is -1.63. The summed E-state index contributed by atoms with van der Waals surface area (Å²) < 4.78 is 37.4. The van der Waals surface area contributed by atoms with Gasteiger partial charge in [0.1, 0.15) is 0 Å². The van der Waals surface area contributed by atoms with Crippen molar-refractivity contribution in [3.63, 3.8) is 0 Å². The van der Waals surface area contributed by atoms with E-state index in [1.54, 1.807) is 13.8 Å². The van der Waals surface area contributed by atoms with Gasteiger partial charge < -0.3 is 9.47 Å². The van der Waals surface area contributed by atoms with Gasteiger partial charge >= 0.3 is 11.9 Å². The first-order valence-corrected chi connectivity index (χ1v) is 10.8. The summed E-state index contributed by atoms with van der Waals surface area (Å²) in [5.41, 5.74) is -1.37. The molecule has 0 aromatic rings. The summed E-state index contributed by atoms with van der Waals surface area (Å²) in [6, 6.07) is 0. The highest BCUT2D eigenvalue weighted by Crippen LogP contribution is 2.10. The maximum absolute atomic E-state index is 11.6. The van der Waals surface area contributed by atoms with Gasteiger partial charge in [0.05, 0.1) is 17.4 Å². The Labute approximate surface area is 148 Å². The molecule has 0 aliphatic rings. The van der Waals surface area contributed by atoms with Gasteiger partial charge in [-0.1, -0.05) is 12.8 Å². The number of rotatable bonds is 13. The van der Waals surface area contributed by atoms with Crippen LogP contribution in [-0.2, 0) is 45.1 Å². The van der Waals surface area contributed by atoms with Crippen LogP contribution in [0.2, 0.25) is 0 Å². The van der Waals surface area contributed by atoms with Crippen LogP contribution in [0.4, 0.5) is 0 Å². The van der Waals surface area contributed by atoms with Crippen molar-refractivity contribution in [2.45, 2.75) is 70.2 Å². The average Bonchev–Trinajstić information content (AvgIpc) is 2.50. The van der Waals surface area contributed by atoms with Gasteiger partial charge in [-0.05, 0) is 33.6 Å².